The molecule has 240 valence electrons. The van der Waals surface area contributed by atoms with Crippen molar-refractivity contribution in [1.29, 1.82) is 0 Å². The van der Waals surface area contributed by atoms with Crippen molar-refractivity contribution >= 4 is 17.8 Å². The molecule has 0 aliphatic carbocycles. The third kappa shape index (κ3) is 8.97. The van der Waals surface area contributed by atoms with E-state index in [1.165, 1.54) is 50.6 Å². The molecule has 13 heteroatoms. The third-order valence-electron chi connectivity index (χ3n) is 6.90. The van der Waals surface area contributed by atoms with E-state index < -0.39 is 54.8 Å². The molecule has 0 bridgehead atoms. The van der Waals surface area contributed by atoms with Crippen molar-refractivity contribution in [3.05, 3.63) is 72.3 Å². The van der Waals surface area contributed by atoms with Crippen LogP contribution in [-0.4, -0.2) is 68.2 Å². The van der Waals surface area contributed by atoms with Gasteiger partial charge in [0.25, 0.3) is 5.91 Å². The first-order valence-electron chi connectivity index (χ1n) is 14.2. The molecule has 0 unspecified atom stereocenters. The number of benzene rings is 2. The first-order chi connectivity index (χ1) is 21.7. The number of hydrogen-bond acceptors (Lipinski definition) is 11. The summed E-state index contributed by atoms with van der Waals surface area (Å²) in [6.45, 7) is 2.39. The van der Waals surface area contributed by atoms with Gasteiger partial charge in [-0.05, 0) is 74.7 Å². The molecule has 12 nitrogen and oxygen atoms in total. The van der Waals surface area contributed by atoms with Crippen LogP contribution in [-0.2, 0) is 19.1 Å². The highest BCUT2D eigenvalue weighted by atomic mass is 19.1. The minimum absolute atomic E-state index is 0.0655. The standard InChI is InChI=1S/C32H35FN2O10/c1-19-29(45-24-10-8-21(33)9-11-24)27(44-23-14-12-22(39-3)13-15-23)7-5-6-25(32(38)43-19)35-31(37)28-30(42-18-41-20(2)36)26(40-4)16-17-34-28/h8-17,19,25,27,29H,5-7,18H2,1-4H3,(H,35,37)/t19-,25-,27-,29-/m0/s1. The molecule has 1 aliphatic rings. The summed E-state index contributed by atoms with van der Waals surface area (Å²) in [6.07, 6.45) is 0.156. The summed E-state index contributed by atoms with van der Waals surface area (Å²) >= 11 is 0. The fourth-order valence-electron chi connectivity index (χ4n) is 4.66. The number of rotatable bonds is 11. The smallest absolute Gasteiger partial charge is 0.329 e. The SMILES string of the molecule is COc1ccc(O[C@H]2CCC[C@H](NC(=O)c3nccc(OC)c3OCOC(C)=O)C(=O)O[C@@H](C)[C@@H]2Oc2ccc(F)cc2)cc1. The molecule has 1 aliphatic heterocycles. The second-order valence-corrected chi connectivity index (χ2v) is 10.1. The lowest BCUT2D eigenvalue weighted by molar-refractivity contribution is -0.157. The maximum Gasteiger partial charge on any atom is 0.329 e. The van der Waals surface area contributed by atoms with Gasteiger partial charge in [-0.15, -0.1) is 0 Å². The monoisotopic (exact) mass is 626 g/mol. The number of amides is 1. The summed E-state index contributed by atoms with van der Waals surface area (Å²) in [7, 11) is 2.94. The number of nitrogens with one attached hydrogen (secondary N) is 1. The van der Waals surface area contributed by atoms with Crippen LogP contribution in [0.1, 0.15) is 43.6 Å². The Morgan fingerprint density at radius 1 is 0.956 bits per heavy atom. The number of pyridine rings is 1. The van der Waals surface area contributed by atoms with Gasteiger partial charge in [-0.25, -0.2) is 14.2 Å². The number of halogens is 1. The number of methoxy groups -OCH3 is 2. The molecule has 0 spiro atoms. The van der Waals surface area contributed by atoms with Crippen LogP contribution >= 0.6 is 0 Å². The lowest BCUT2D eigenvalue weighted by Gasteiger charge is -2.31. The maximum atomic E-state index is 13.6. The Morgan fingerprint density at radius 2 is 1.62 bits per heavy atom. The topological polar surface area (TPSA) is 141 Å². The maximum absolute atomic E-state index is 13.6. The highest BCUT2D eigenvalue weighted by molar-refractivity contribution is 5.98. The van der Waals surface area contributed by atoms with Crippen LogP contribution in [0.4, 0.5) is 4.39 Å². The Balaban J connectivity index is 1.55. The van der Waals surface area contributed by atoms with Gasteiger partial charge < -0.3 is 38.5 Å². The van der Waals surface area contributed by atoms with Crippen LogP contribution in [0.3, 0.4) is 0 Å². The van der Waals surface area contributed by atoms with E-state index in [1.807, 2.05) is 0 Å². The van der Waals surface area contributed by atoms with Crippen LogP contribution in [0.2, 0.25) is 0 Å². The van der Waals surface area contributed by atoms with Crippen molar-refractivity contribution in [2.75, 3.05) is 21.0 Å². The van der Waals surface area contributed by atoms with Crippen LogP contribution in [0.25, 0.3) is 0 Å². The normalized spacial score (nSPS) is 19.9. The van der Waals surface area contributed by atoms with Gasteiger partial charge in [0.2, 0.25) is 6.79 Å². The largest absolute Gasteiger partial charge is 0.497 e. The Labute approximate surface area is 259 Å². The molecule has 1 amide bonds. The molecule has 2 aromatic carbocycles. The Kier molecular flexibility index (Phi) is 11.4. The number of cyclic esters (lactones) is 1. The summed E-state index contributed by atoms with van der Waals surface area (Å²) < 4.78 is 52.8. The van der Waals surface area contributed by atoms with Gasteiger partial charge in [0, 0.05) is 19.2 Å². The molecule has 3 aromatic rings. The number of nitrogens with zero attached hydrogens (tertiary/aromatic N) is 1. The zero-order valence-electron chi connectivity index (χ0n) is 25.3. The molecule has 1 N–H and O–H groups in total. The van der Waals surface area contributed by atoms with Crippen molar-refractivity contribution in [3.8, 4) is 28.7 Å². The van der Waals surface area contributed by atoms with Crippen molar-refractivity contribution in [1.82, 2.24) is 10.3 Å². The summed E-state index contributed by atoms with van der Waals surface area (Å²) in [4.78, 5) is 42.1. The third-order valence-corrected chi connectivity index (χ3v) is 6.90. The summed E-state index contributed by atoms with van der Waals surface area (Å²) in [5.41, 5.74) is -0.180. The van der Waals surface area contributed by atoms with Gasteiger partial charge in [-0.1, -0.05) is 0 Å². The minimum atomic E-state index is -1.06. The average molecular weight is 627 g/mol. The zero-order valence-corrected chi connectivity index (χ0v) is 25.3. The molecular formula is C32H35FN2O10. The second-order valence-electron chi connectivity index (χ2n) is 10.1. The predicted octanol–water partition coefficient (Wildman–Crippen LogP) is 4.25. The van der Waals surface area contributed by atoms with E-state index in [0.717, 1.165) is 0 Å². The first kappa shape index (κ1) is 32.8. The molecule has 4 rings (SSSR count). The number of carbonyl (C=O) groups is 3. The lowest BCUT2D eigenvalue weighted by atomic mass is 10.0. The zero-order chi connectivity index (χ0) is 32.3. The van der Waals surface area contributed by atoms with Gasteiger partial charge in [-0.2, -0.15) is 0 Å². The Morgan fingerprint density at radius 3 is 2.29 bits per heavy atom. The molecule has 1 aromatic heterocycles. The van der Waals surface area contributed by atoms with Crippen molar-refractivity contribution in [3.63, 3.8) is 0 Å². The molecule has 0 saturated carbocycles. The summed E-state index contributed by atoms with van der Waals surface area (Å²) in [6, 6.07) is 12.9. The fourth-order valence-corrected chi connectivity index (χ4v) is 4.66. The van der Waals surface area contributed by atoms with Crippen LogP contribution in [0.5, 0.6) is 28.7 Å². The van der Waals surface area contributed by atoms with Crippen LogP contribution in [0.15, 0.2) is 60.8 Å². The fraction of sp³-hybridized carbons (Fsp3) is 0.375. The number of aromatic nitrogens is 1. The Hall–Kier alpha value is -5.07. The molecule has 45 heavy (non-hydrogen) atoms. The Bertz CT molecular complexity index is 1450. The number of carbonyl (C=O) groups excluding carboxylic acids is 3. The molecular weight excluding hydrogens is 591 g/mol. The van der Waals surface area contributed by atoms with Crippen molar-refractivity contribution in [2.24, 2.45) is 0 Å². The van der Waals surface area contributed by atoms with E-state index in [4.69, 9.17) is 33.2 Å². The van der Waals surface area contributed by atoms with Gasteiger partial charge in [-0.3, -0.25) is 9.59 Å². The summed E-state index contributed by atoms with van der Waals surface area (Å²) in [5.74, 6) is -0.763. The number of hydrogen-bond donors (Lipinski definition) is 1. The quantitative estimate of drug-likeness (QED) is 0.241. The first-order valence-corrected chi connectivity index (χ1v) is 14.2. The summed E-state index contributed by atoms with van der Waals surface area (Å²) in [5, 5.41) is 2.68. The molecule has 4 atom stereocenters. The number of ether oxygens (including phenoxy) is 7. The van der Waals surface area contributed by atoms with Gasteiger partial charge in [0.15, 0.2) is 23.3 Å². The van der Waals surface area contributed by atoms with E-state index in [9.17, 15) is 18.8 Å². The lowest BCUT2D eigenvalue weighted by Crippen LogP contribution is -2.47. The van der Waals surface area contributed by atoms with Gasteiger partial charge in [0.05, 0.1) is 14.2 Å². The highest BCUT2D eigenvalue weighted by Crippen LogP contribution is 2.31. The van der Waals surface area contributed by atoms with E-state index in [0.29, 0.717) is 30.1 Å². The average Bonchev–Trinajstić information content (AvgIpc) is 3.07. The van der Waals surface area contributed by atoms with E-state index in [-0.39, 0.29) is 23.6 Å². The van der Waals surface area contributed by atoms with Crippen molar-refractivity contribution < 1.29 is 51.9 Å². The van der Waals surface area contributed by atoms with Gasteiger partial charge >= 0.3 is 11.9 Å². The number of esters is 2. The van der Waals surface area contributed by atoms with E-state index in [1.54, 1.807) is 38.3 Å². The van der Waals surface area contributed by atoms with Crippen LogP contribution < -0.4 is 29.0 Å². The van der Waals surface area contributed by atoms with E-state index >= 15 is 0 Å². The predicted molar refractivity (Wildman–Crippen MR) is 157 cm³/mol. The second kappa shape index (κ2) is 15.6. The van der Waals surface area contributed by atoms with Crippen LogP contribution in [0, 0.1) is 5.82 Å². The molecule has 1 fully saturated rings. The van der Waals surface area contributed by atoms with E-state index in [2.05, 4.69) is 10.3 Å². The molecule has 2 heterocycles. The highest BCUT2D eigenvalue weighted by Gasteiger charge is 2.37. The molecule has 1 saturated heterocycles. The van der Waals surface area contributed by atoms with Crippen molar-refractivity contribution in [2.45, 2.75) is 57.5 Å². The minimum Gasteiger partial charge on any atom is -0.497 e. The molecule has 0 radical (unpaired) electrons. The van der Waals surface area contributed by atoms with Gasteiger partial charge in [0.1, 0.15) is 41.3 Å².